The van der Waals surface area contributed by atoms with E-state index >= 15 is 0 Å². The van der Waals surface area contributed by atoms with E-state index in [1.54, 1.807) is 11.4 Å². The van der Waals surface area contributed by atoms with Gasteiger partial charge in [0.05, 0.1) is 12.8 Å². The minimum absolute atomic E-state index is 0.00940. The van der Waals surface area contributed by atoms with Gasteiger partial charge in [-0.1, -0.05) is 0 Å². The minimum Gasteiger partial charge on any atom is -0.465 e. The molecular weight excluding hydrogens is 288 g/mol. The molecule has 2 bridgehead atoms. The number of carbonyl (C=O) groups excluding carboxylic acids is 2. The largest absolute Gasteiger partial charge is 0.465 e. The number of methoxy groups -OCH3 is 1. The third kappa shape index (κ3) is 3.27. The summed E-state index contributed by atoms with van der Waals surface area (Å²) >= 11 is 1.28. The Morgan fingerprint density at radius 3 is 2.76 bits per heavy atom. The number of amides is 1. The number of rotatable bonds is 4. The fraction of sp³-hybridized carbons (Fsp3) is 0.600. The number of carbonyl (C=O) groups is 2. The number of thiophene rings is 1. The second kappa shape index (κ2) is 6.15. The molecule has 3 rings (SSSR count). The van der Waals surface area contributed by atoms with E-state index in [0.717, 1.165) is 12.8 Å². The lowest BCUT2D eigenvalue weighted by molar-refractivity contribution is -0.117. The highest BCUT2D eigenvalue weighted by atomic mass is 32.1. The Balaban J connectivity index is 1.57. The van der Waals surface area contributed by atoms with Crippen LogP contribution in [-0.2, 0) is 9.53 Å². The Morgan fingerprint density at radius 2 is 2.10 bits per heavy atom. The van der Waals surface area contributed by atoms with E-state index in [1.807, 2.05) is 0 Å². The maximum atomic E-state index is 12.2. The molecule has 6 heteroatoms. The highest BCUT2D eigenvalue weighted by molar-refractivity contribution is 7.12. The van der Waals surface area contributed by atoms with E-state index in [2.05, 4.69) is 10.6 Å². The molecule has 1 aromatic rings. The molecule has 2 aliphatic rings. The van der Waals surface area contributed by atoms with Crippen LogP contribution >= 0.6 is 11.3 Å². The molecule has 5 nitrogen and oxygen atoms in total. The summed E-state index contributed by atoms with van der Waals surface area (Å²) in [4.78, 5) is 24.2. The number of hydrogen-bond donors (Lipinski definition) is 2. The number of fused-ring (bicyclic) bond motifs is 2. The summed E-state index contributed by atoms with van der Waals surface area (Å²) in [7, 11) is 1.35. The number of esters is 1. The van der Waals surface area contributed by atoms with Crippen molar-refractivity contribution in [3.8, 4) is 0 Å². The lowest BCUT2D eigenvalue weighted by Crippen LogP contribution is -2.39. The van der Waals surface area contributed by atoms with Crippen molar-refractivity contribution in [3.05, 3.63) is 16.3 Å². The van der Waals surface area contributed by atoms with Gasteiger partial charge in [-0.25, -0.2) is 4.79 Å². The average Bonchev–Trinajstić information content (AvgIpc) is 3.04. The van der Waals surface area contributed by atoms with Crippen LogP contribution in [0.3, 0.4) is 0 Å². The molecule has 0 aliphatic carbocycles. The van der Waals surface area contributed by atoms with Gasteiger partial charge in [0.25, 0.3) is 0 Å². The molecule has 0 saturated carbocycles. The molecule has 2 atom stereocenters. The SMILES string of the molecule is COC(=O)c1sccc1NC(=O)CC1CC2CCC(C1)N2. The monoisotopic (exact) mass is 308 g/mol. The summed E-state index contributed by atoms with van der Waals surface area (Å²) in [6, 6.07) is 2.93. The second-order valence-electron chi connectivity index (χ2n) is 5.88. The zero-order chi connectivity index (χ0) is 14.8. The summed E-state index contributed by atoms with van der Waals surface area (Å²) < 4.78 is 4.72. The van der Waals surface area contributed by atoms with E-state index in [4.69, 9.17) is 4.74 Å². The maximum Gasteiger partial charge on any atom is 0.350 e. The molecule has 3 heterocycles. The molecule has 114 valence electrons. The zero-order valence-corrected chi connectivity index (χ0v) is 12.9. The second-order valence-corrected chi connectivity index (χ2v) is 6.80. The Bertz CT molecular complexity index is 531. The van der Waals surface area contributed by atoms with Crippen LogP contribution in [0.25, 0.3) is 0 Å². The normalized spacial score (nSPS) is 27.4. The number of ether oxygens (including phenoxy) is 1. The standard InChI is InChI=1S/C15H20N2O3S/c1-20-15(19)14-12(4-5-21-14)17-13(18)8-9-6-10-2-3-11(7-9)16-10/h4-5,9-11,16H,2-3,6-8H2,1H3,(H,17,18). The first-order valence-electron chi connectivity index (χ1n) is 7.37. The number of anilines is 1. The molecule has 2 unspecified atom stereocenters. The van der Waals surface area contributed by atoms with Gasteiger partial charge in [0.2, 0.25) is 5.91 Å². The molecule has 21 heavy (non-hydrogen) atoms. The quantitative estimate of drug-likeness (QED) is 0.838. The maximum absolute atomic E-state index is 12.2. The molecule has 2 fully saturated rings. The van der Waals surface area contributed by atoms with Gasteiger partial charge in [-0.2, -0.15) is 0 Å². The van der Waals surface area contributed by atoms with Crippen LogP contribution in [0, 0.1) is 5.92 Å². The summed E-state index contributed by atoms with van der Waals surface area (Å²) in [5.41, 5.74) is 0.564. The first-order valence-corrected chi connectivity index (χ1v) is 8.25. The van der Waals surface area contributed by atoms with E-state index in [0.29, 0.717) is 35.0 Å². The fourth-order valence-electron chi connectivity index (χ4n) is 3.46. The molecular formula is C15H20N2O3S. The van der Waals surface area contributed by atoms with Crippen LogP contribution in [-0.4, -0.2) is 31.1 Å². The van der Waals surface area contributed by atoms with Crippen molar-refractivity contribution < 1.29 is 14.3 Å². The van der Waals surface area contributed by atoms with Crippen molar-refractivity contribution in [2.24, 2.45) is 5.92 Å². The zero-order valence-electron chi connectivity index (χ0n) is 12.1. The van der Waals surface area contributed by atoms with Crippen LogP contribution in [0.15, 0.2) is 11.4 Å². The highest BCUT2D eigenvalue weighted by Crippen LogP contribution is 2.33. The summed E-state index contributed by atoms with van der Waals surface area (Å²) in [6.07, 6.45) is 5.17. The lowest BCUT2D eigenvalue weighted by atomic mass is 9.89. The predicted octanol–water partition coefficient (Wildman–Crippen LogP) is 2.39. The van der Waals surface area contributed by atoms with Gasteiger partial charge in [-0.3, -0.25) is 4.79 Å². The molecule has 2 N–H and O–H groups in total. The van der Waals surface area contributed by atoms with Crippen molar-refractivity contribution in [2.45, 2.75) is 44.2 Å². The van der Waals surface area contributed by atoms with Crippen molar-refractivity contribution in [2.75, 3.05) is 12.4 Å². The third-order valence-electron chi connectivity index (χ3n) is 4.35. The smallest absolute Gasteiger partial charge is 0.350 e. The predicted molar refractivity (Wildman–Crippen MR) is 81.6 cm³/mol. The van der Waals surface area contributed by atoms with Crippen molar-refractivity contribution in [1.82, 2.24) is 5.32 Å². The Morgan fingerprint density at radius 1 is 1.38 bits per heavy atom. The Hall–Kier alpha value is -1.40. The van der Waals surface area contributed by atoms with Crippen LogP contribution < -0.4 is 10.6 Å². The van der Waals surface area contributed by atoms with E-state index < -0.39 is 5.97 Å². The van der Waals surface area contributed by atoms with Crippen LogP contribution in [0.2, 0.25) is 0 Å². The number of piperidine rings is 1. The van der Waals surface area contributed by atoms with Gasteiger partial charge in [0, 0.05) is 18.5 Å². The Labute approximate surface area is 128 Å². The number of nitrogens with one attached hydrogen (secondary N) is 2. The summed E-state index contributed by atoms with van der Waals surface area (Å²) in [5.74, 6) is 0.0361. The number of hydrogen-bond acceptors (Lipinski definition) is 5. The highest BCUT2D eigenvalue weighted by Gasteiger charge is 2.34. The molecule has 2 saturated heterocycles. The Kier molecular flexibility index (Phi) is 4.26. The molecule has 2 aliphatic heterocycles. The third-order valence-corrected chi connectivity index (χ3v) is 5.25. The van der Waals surface area contributed by atoms with Gasteiger partial charge in [-0.15, -0.1) is 11.3 Å². The molecule has 0 aromatic carbocycles. The summed E-state index contributed by atoms with van der Waals surface area (Å²) in [6.45, 7) is 0. The molecule has 0 radical (unpaired) electrons. The van der Waals surface area contributed by atoms with Gasteiger partial charge in [0.15, 0.2) is 0 Å². The van der Waals surface area contributed by atoms with E-state index in [1.165, 1.54) is 31.3 Å². The molecule has 0 spiro atoms. The minimum atomic E-state index is -0.403. The molecule has 1 amide bonds. The van der Waals surface area contributed by atoms with Gasteiger partial charge in [-0.05, 0) is 43.0 Å². The van der Waals surface area contributed by atoms with Crippen molar-refractivity contribution >= 4 is 28.9 Å². The van der Waals surface area contributed by atoms with Crippen LogP contribution in [0.5, 0.6) is 0 Å². The van der Waals surface area contributed by atoms with Crippen molar-refractivity contribution in [3.63, 3.8) is 0 Å². The average molecular weight is 308 g/mol. The molecule has 1 aromatic heterocycles. The van der Waals surface area contributed by atoms with Crippen molar-refractivity contribution in [1.29, 1.82) is 0 Å². The summed E-state index contributed by atoms with van der Waals surface area (Å²) in [5, 5.41) is 8.22. The van der Waals surface area contributed by atoms with Gasteiger partial charge >= 0.3 is 5.97 Å². The lowest BCUT2D eigenvalue weighted by Gasteiger charge is -2.28. The van der Waals surface area contributed by atoms with E-state index in [9.17, 15) is 9.59 Å². The first kappa shape index (κ1) is 14.5. The van der Waals surface area contributed by atoms with Crippen LogP contribution in [0.4, 0.5) is 5.69 Å². The van der Waals surface area contributed by atoms with Gasteiger partial charge < -0.3 is 15.4 Å². The van der Waals surface area contributed by atoms with E-state index in [-0.39, 0.29) is 5.91 Å². The fourth-order valence-corrected chi connectivity index (χ4v) is 4.23. The first-order chi connectivity index (χ1) is 10.2. The van der Waals surface area contributed by atoms with Gasteiger partial charge in [0.1, 0.15) is 4.88 Å². The topological polar surface area (TPSA) is 67.4 Å². The van der Waals surface area contributed by atoms with Crippen LogP contribution in [0.1, 0.15) is 41.8 Å².